The monoisotopic (exact) mass is 280 g/mol. The summed E-state index contributed by atoms with van der Waals surface area (Å²) in [6.45, 7) is 0. The molecule has 0 aliphatic heterocycles. The Hall–Kier alpha value is -2.90. The van der Waals surface area contributed by atoms with Crippen molar-refractivity contribution in [3.05, 3.63) is 41.5 Å². The number of methoxy groups -OCH3 is 1. The first-order valence-electron chi connectivity index (χ1n) is 5.36. The molecule has 1 aromatic heterocycles. The third kappa shape index (κ3) is 2.74. The lowest BCUT2D eigenvalue weighted by Gasteiger charge is -2.08. The summed E-state index contributed by atoms with van der Waals surface area (Å²) in [6.07, 6.45) is 0. The summed E-state index contributed by atoms with van der Waals surface area (Å²) in [5.74, 6) is -2.89. The fourth-order valence-electron chi connectivity index (χ4n) is 1.44. The highest BCUT2D eigenvalue weighted by Gasteiger charge is 2.18. The second-order valence-electron chi connectivity index (χ2n) is 3.68. The van der Waals surface area contributed by atoms with Crippen LogP contribution in [0.3, 0.4) is 0 Å². The van der Waals surface area contributed by atoms with E-state index in [0.717, 1.165) is 18.2 Å². The second kappa shape index (κ2) is 5.39. The maximum absolute atomic E-state index is 13.0. The molecule has 0 atom stereocenters. The molecule has 0 unspecified atom stereocenters. The molecule has 0 saturated carbocycles. The number of carboxylic acids is 1. The van der Waals surface area contributed by atoms with Crippen LogP contribution >= 0.6 is 0 Å². The van der Waals surface area contributed by atoms with Gasteiger partial charge in [0, 0.05) is 12.1 Å². The number of hydrogen-bond donors (Lipinski definition) is 2. The van der Waals surface area contributed by atoms with Crippen molar-refractivity contribution in [3.8, 4) is 5.75 Å². The van der Waals surface area contributed by atoms with Crippen LogP contribution in [-0.4, -0.2) is 29.2 Å². The normalized spacial score (nSPS) is 10.1. The van der Waals surface area contributed by atoms with Crippen molar-refractivity contribution in [1.29, 1.82) is 0 Å². The number of anilines is 1. The maximum atomic E-state index is 13.0. The minimum absolute atomic E-state index is 0.125. The molecule has 0 saturated heterocycles. The summed E-state index contributed by atoms with van der Waals surface area (Å²) in [7, 11) is 1.32. The smallest absolute Gasteiger partial charge is 0.374 e. The molecule has 20 heavy (non-hydrogen) atoms. The Labute approximate surface area is 111 Å². The lowest BCUT2D eigenvalue weighted by molar-refractivity contribution is 0.0651. The number of benzene rings is 1. The second-order valence-corrected chi connectivity index (χ2v) is 3.68. The zero-order valence-corrected chi connectivity index (χ0v) is 10.2. The molecule has 8 heteroatoms. The van der Waals surface area contributed by atoms with Crippen molar-refractivity contribution in [2.75, 3.05) is 12.4 Å². The molecule has 0 aliphatic rings. The first-order chi connectivity index (χ1) is 9.51. The van der Waals surface area contributed by atoms with Crippen LogP contribution in [-0.2, 0) is 0 Å². The molecular formula is C12H9FN2O5. The van der Waals surface area contributed by atoms with Crippen molar-refractivity contribution in [1.82, 2.24) is 5.16 Å². The standard InChI is InChI=1S/C12H9FN2O5/c1-19-9-4-6(13)2-3-7(9)14-11(16)8-5-10(12(17)18)20-15-8/h2-5H,1H3,(H,14,16)(H,17,18). The van der Waals surface area contributed by atoms with Gasteiger partial charge in [-0.05, 0) is 12.1 Å². The zero-order valence-electron chi connectivity index (χ0n) is 10.2. The van der Waals surface area contributed by atoms with Crippen LogP contribution < -0.4 is 10.1 Å². The van der Waals surface area contributed by atoms with Crippen molar-refractivity contribution in [2.24, 2.45) is 0 Å². The van der Waals surface area contributed by atoms with Gasteiger partial charge < -0.3 is 19.7 Å². The Bertz CT molecular complexity index is 668. The topological polar surface area (TPSA) is 102 Å². The van der Waals surface area contributed by atoms with Crippen molar-refractivity contribution >= 4 is 17.6 Å². The third-order valence-corrected chi connectivity index (χ3v) is 2.37. The lowest BCUT2D eigenvalue weighted by atomic mass is 10.2. The number of carbonyl (C=O) groups excluding carboxylic acids is 1. The Morgan fingerprint density at radius 2 is 2.15 bits per heavy atom. The highest BCUT2D eigenvalue weighted by atomic mass is 19.1. The van der Waals surface area contributed by atoms with Gasteiger partial charge in [-0.2, -0.15) is 0 Å². The summed E-state index contributed by atoms with van der Waals surface area (Å²) in [4.78, 5) is 22.4. The van der Waals surface area contributed by atoms with Crippen LogP contribution in [0.15, 0.2) is 28.8 Å². The molecule has 1 amide bonds. The Morgan fingerprint density at radius 3 is 2.75 bits per heavy atom. The molecule has 0 radical (unpaired) electrons. The van der Waals surface area contributed by atoms with Crippen LogP contribution in [0, 0.1) is 5.82 Å². The van der Waals surface area contributed by atoms with Gasteiger partial charge in [-0.1, -0.05) is 5.16 Å². The van der Waals surface area contributed by atoms with Gasteiger partial charge >= 0.3 is 5.97 Å². The number of ether oxygens (including phenoxy) is 1. The van der Waals surface area contributed by atoms with E-state index in [4.69, 9.17) is 9.84 Å². The fourth-order valence-corrected chi connectivity index (χ4v) is 1.44. The highest BCUT2D eigenvalue weighted by Crippen LogP contribution is 2.25. The molecule has 1 heterocycles. The third-order valence-electron chi connectivity index (χ3n) is 2.37. The van der Waals surface area contributed by atoms with Crippen LogP contribution in [0.2, 0.25) is 0 Å². The zero-order chi connectivity index (χ0) is 14.7. The van der Waals surface area contributed by atoms with E-state index in [1.165, 1.54) is 13.2 Å². The number of nitrogens with one attached hydrogen (secondary N) is 1. The molecule has 7 nitrogen and oxygen atoms in total. The SMILES string of the molecule is COc1cc(F)ccc1NC(=O)c1cc(C(=O)O)on1. The Balaban J connectivity index is 2.20. The first kappa shape index (κ1) is 13.5. The van der Waals surface area contributed by atoms with E-state index in [2.05, 4.69) is 15.0 Å². The van der Waals surface area contributed by atoms with Gasteiger partial charge in [0.25, 0.3) is 5.91 Å². The molecule has 0 aliphatic carbocycles. The van der Waals surface area contributed by atoms with E-state index >= 15 is 0 Å². The van der Waals surface area contributed by atoms with Gasteiger partial charge in [0.2, 0.25) is 5.76 Å². The number of carboxylic acid groups (broad SMARTS) is 1. The summed E-state index contributed by atoms with van der Waals surface area (Å²) in [6, 6.07) is 4.53. The van der Waals surface area contributed by atoms with Gasteiger partial charge in [0.1, 0.15) is 11.6 Å². The van der Waals surface area contributed by atoms with Gasteiger partial charge in [0.15, 0.2) is 5.69 Å². The molecule has 2 aromatic rings. The molecule has 0 spiro atoms. The minimum Gasteiger partial charge on any atom is -0.494 e. The van der Waals surface area contributed by atoms with Gasteiger partial charge in [-0.15, -0.1) is 0 Å². The Morgan fingerprint density at radius 1 is 1.40 bits per heavy atom. The van der Waals surface area contributed by atoms with E-state index in [9.17, 15) is 14.0 Å². The van der Waals surface area contributed by atoms with Crippen LogP contribution in [0.25, 0.3) is 0 Å². The van der Waals surface area contributed by atoms with Crippen LogP contribution in [0.5, 0.6) is 5.75 Å². The highest BCUT2D eigenvalue weighted by molar-refractivity contribution is 6.04. The van der Waals surface area contributed by atoms with Crippen molar-refractivity contribution in [2.45, 2.75) is 0 Å². The summed E-state index contributed by atoms with van der Waals surface area (Å²) < 4.78 is 22.4. The van der Waals surface area contributed by atoms with E-state index in [1.807, 2.05) is 0 Å². The average Bonchev–Trinajstić information content (AvgIpc) is 2.90. The number of aromatic nitrogens is 1. The largest absolute Gasteiger partial charge is 0.494 e. The molecular weight excluding hydrogens is 271 g/mol. The summed E-state index contributed by atoms with van der Waals surface area (Å²) in [5.41, 5.74) is 0.00699. The molecule has 2 N–H and O–H groups in total. The molecule has 104 valence electrons. The summed E-state index contributed by atoms with van der Waals surface area (Å²) in [5, 5.41) is 14.4. The number of aromatic carboxylic acids is 1. The predicted molar refractivity (Wildman–Crippen MR) is 64.4 cm³/mol. The van der Waals surface area contributed by atoms with Gasteiger partial charge in [-0.3, -0.25) is 4.79 Å². The molecule has 2 rings (SSSR count). The Kier molecular flexibility index (Phi) is 3.65. The van der Waals surface area contributed by atoms with Crippen molar-refractivity contribution < 1.29 is 28.3 Å². The molecule has 1 aromatic carbocycles. The number of carbonyl (C=O) groups is 2. The van der Waals surface area contributed by atoms with E-state index in [-0.39, 0.29) is 17.1 Å². The van der Waals surface area contributed by atoms with E-state index in [1.54, 1.807) is 0 Å². The van der Waals surface area contributed by atoms with Gasteiger partial charge in [-0.25, -0.2) is 9.18 Å². The number of amides is 1. The van der Waals surface area contributed by atoms with Crippen molar-refractivity contribution in [3.63, 3.8) is 0 Å². The van der Waals surface area contributed by atoms with E-state index < -0.39 is 23.5 Å². The van der Waals surface area contributed by atoms with Gasteiger partial charge in [0.05, 0.1) is 12.8 Å². The van der Waals surface area contributed by atoms with E-state index in [0.29, 0.717) is 0 Å². The summed E-state index contributed by atoms with van der Waals surface area (Å²) >= 11 is 0. The fraction of sp³-hybridized carbons (Fsp3) is 0.0833. The number of rotatable bonds is 4. The number of hydrogen-bond acceptors (Lipinski definition) is 5. The molecule has 0 fully saturated rings. The van der Waals surface area contributed by atoms with Crippen LogP contribution in [0.1, 0.15) is 21.0 Å². The maximum Gasteiger partial charge on any atom is 0.374 e. The quantitative estimate of drug-likeness (QED) is 0.885. The first-order valence-corrected chi connectivity index (χ1v) is 5.36. The van der Waals surface area contributed by atoms with Crippen LogP contribution in [0.4, 0.5) is 10.1 Å². The number of halogens is 1. The average molecular weight is 280 g/mol. The molecule has 0 bridgehead atoms. The lowest BCUT2D eigenvalue weighted by Crippen LogP contribution is -2.13. The number of nitrogens with zero attached hydrogens (tertiary/aromatic N) is 1. The minimum atomic E-state index is -1.34. The predicted octanol–water partition coefficient (Wildman–Crippen LogP) is 1.77.